The molecule has 2 aromatic carbocycles. The van der Waals surface area contributed by atoms with Gasteiger partial charge in [-0.25, -0.2) is 0 Å². The number of carbonyl (C=O) groups is 2. The molecule has 1 atom stereocenters. The Morgan fingerprint density at radius 1 is 1.11 bits per heavy atom. The van der Waals surface area contributed by atoms with Crippen molar-refractivity contribution in [3.63, 3.8) is 0 Å². The maximum atomic E-state index is 12.2. The number of halogens is 2. The van der Waals surface area contributed by atoms with Crippen LogP contribution in [-0.4, -0.2) is 31.2 Å². The molecule has 1 amide bonds. The Kier molecular flexibility index (Phi) is 6.08. The molecule has 6 nitrogen and oxygen atoms in total. The van der Waals surface area contributed by atoms with Crippen molar-refractivity contribution in [2.75, 3.05) is 18.5 Å². The zero-order valence-electron chi connectivity index (χ0n) is 14.5. The van der Waals surface area contributed by atoms with E-state index >= 15 is 0 Å². The average Bonchev–Trinajstić information content (AvgIpc) is 2.64. The molecule has 1 heterocycles. The predicted molar refractivity (Wildman–Crippen MR) is 102 cm³/mol. The fourth-order valence-corrected chi connectivity index (χ4v) is 2.82. The van der Waals surface area contributed by atoms with Crippen LogP contribution in [0, 0.1) is 0 Å². The number of carbonyl (C=O) groups excluding carboxylic acids is 2. The fourth-order valence-electron chi connectivity index (χ4n) is 2.48. The van der Waals surface area contributed by atoms with Crippen LogP contribution >= 0.6 is 23.2 Å². The minimum atomic E-state index is -0.996. The van der Waals surface area contributed by atoms with Crippen molar-refractivity contribution in [2.45, 2.75) is 19.4 Å². The normalized spacial score (nSPS) is 13.6. The summed E-state index contributed by atoms with van der Waals surface area (Å²) in [6.45, 7) is 2.44. The second kappa shape index (κ2) is 8.50. The van der Waals surface area contributed by atoms with E-state index in [1.807, 2.05) is 0 Å². The van der Waals surface area contributed by atoms with Crippen LogP contribution in [0.4, 0.5) is 5.69 Å². The quantitative estimate of drug-likeness (QED) is 0.758. The minimum absolute atomic E-state index is 0.00613. The summed E-state index contributed by atoms with van der Waals surface area (Å²) in [5, 5.41) is 3.36. The van der Waals surface area contributed by atoms with E-state index in [2.05, 4.69) is 5.32 Å². The Balaban J connectivity index is 1.57. The molecule has 3 rings (SSSR count). The summed E-state index contributed by atoms with van der Waals surface area (Å²) >= 11 is 11.9. The van der Waals surface area contributed by atoms with Gasteiger partial charge in [-0.05, 0) is 42.8 Å². The SMILES string of the molecule is C[C@H](OC(=O)Cc1ccc2c(c1)OCCO2)C(=O)Nc1cc(Cl)ccc1Cl. The molecule has 142 valence electrons. The van der Waals surface area contributed by atoms with Gasteiger partial charge in [-0.3, -0.25) is 9.59 Å². The van der Waals surface area contributed by atoms with Crippen LogP contribution in [0.2, 0.25) is 10.0 Å². The monoisotopic (exact) mass is 409 g/mol. The van der Waals surface area contributed by atoms with Crippen LogP contribution in [0.15, 0.2) is 36.4 Å². The van der Waals surface area contributed by atoms with E-state index in [4.69, 9.17) is 37.4 Å². The molecule has 0 fully saturated rings. The summed E-state index contributed by atoms with van der Waals surface area (Å²) < 4.78 is 16.1. The maximum Gasteiger partial charge on any atom is 0.311 e. The van der Waals surface area contributed by atoms with Crippen molar-refractivity contribution in [1.29, 1.82) is 0 Å². The highest BCUT2D eigenvalue weighted by Crippen LogP contribution is 2.31. The van der Waals surface area contributed by atoms with E-state index in [1.54, 1.807) is 30.3 Å². The fraction of sp³-hybridized carbons (Fsp3) is 0.263. The van der Waals surface area contributed by atoms with Gasteiger partial charge in [0.25, 0.3) is 5.91 Å². The number of nitrogens with one attached hydrogen (secondary N) is 1. The van der Waals surface area contributed by atoms with Crippen molar-refractivity contribution < 1.29 is 23.8 Å². The number of anilines is 1. The van der Waals surface area contributed by atoms with Crippen LogP contribution in [0.25, 0.3) is 0 Å². The number of hydrogen-bond acceptors (Lipinski definition) is 5. The molecule has 2 aromatic rings. The molecule has 0 bridgehead atoms. The maximum absolute atomic E-state index is 12.2. The van der Waals surface area contributed by atoms with E-state index in [0.29, 0.717) is 46.0 Å². The van der Waals surface area contributed by atoms with Gasteiger partial charge in [-0.2, -0.15) is 0 Å². The summed E-state index contributed by atoms with van der Waals surface area (Å²) in [6.07, 6.45) is -0.989. The van der Waals surface area contributed by atoms with Crippen molar-refractivity contribution in [3.8, 4) is 11.5 Å². The number of ether oxygens (including phenoxy) is 3. The summed E-state index contributed by atoms with van der Waals surface area (Å²) in [7, 11) is 0. The first kappa shape index (κ1) is 19.3. The summed E-state index contributed by atoms with van der Waals surface area (Å²) in [5.74, 6) is 0.193. The third kappa shape index (κ3) is 5.05. The van der Waals surface area contributed by atoms with Crippen molar-refractivity contribution in [3.05, 3.63) is 52.0 Å². The lowest BCUT2D eigenvalue weighted by Crippen LogP contribution is -2.30. The van der Waals surface area contributed by atoms with Gasteiger partial charge in [0.15, 0.2) is 17.6 Å². The van der Waals surface area contributed by atoms with E-state index < -0.39 is 18.0 Å². The molecule has 0 saturated carbocycles. The van der Waals surface area contributed by atoms with E-state index in [-0.39, 0.29) is 6.42 Å². The lowest BCUT2D eigenvalue weighted by atomic mass is 10.1. The number of esters is 1. The van der Waals surface area contributed by atoms with Crippen LogP contribution in [0.5, 0.6) is 11.5 Å². The molecular weight excluding hydrogens is 393 g/mol. The summed E-state index contributed by atoms with van der Waals surface area (Å²) in [6, 6.07) is 9.92. The Hall–Kier alpha value is -2.44. The van der Waals surface area contributed by atoms with Gasteiger partial charge in [0.05, 0.1) is 17.1 Å². The van der Waals surface area contributed by atoms with Crippen molar-refractivity contribution in [1.82, 2.24) is 0 Å². The number of amides is 1. The molecule has 27 heavy (non-hydrogen) atoms. The van der Waals surface area contributed by atoms with E-state index in [0.717, 1.165) is 0 Å². The van der Waals surface area contributed by atoms with Crippen LogP contribution in [0.1, 0.15) is 12.5 Å². The third-order valence-corrected chi connectivity index (χ3v) is 4.38. The van der Waals surface area contributed by atoms with E-state index in [9.17, 15) is 9.59 Å². The second-order valence-corrected chi connectivity index (χ2v) is 6.74. The molecule has 8 heteroatoms. The molecular formula is C19H17Cl2NO5. The molecule has 0 aliphatic carbocycles. The molecule has 0 unspecified atom stereocenters. The smallest absolute Gasteiger partial charge is 0.311 e. The molecule has 0 aromatic heterocycles. The third-order valence-electron chi connectivity index (χ3n) is 3.82. The van der Waals surface area contributed by atoms with Gasteiger partial charge in [-0.15, -0.1) is 0 Å². The Labute approximate surface area is 166 Å². The highest BCUT2D eigenvalue weighted by molar-refractivity contribution is 6.35. The molecule has 0 radical (unpaired) electrons. The minimum Gasteiger partial charge on any atom is -0.486 e. The molecule has 1 N–H and O–H groups in total. The summed E-state index contributed by atoms with van der Waals surface area (Å²) in [4.78, 5) is 24.4. The first-order valence-corrected chi connectivity index (χ1v) is 9.02. The summed E-state index contributed by atoms with van der Waals surface area (Å²) in [5.41, 5.74) is 1.05. The van der Waals surface area contributed by atoms with Crippen LogP contribution < -0.4 is 14.8 Å². The van der Waals surface area contributed by atoms with Crippen LogP contribution in [-0.2, 0) is 20.7 Å². The van der Waals surface area contributed by atoms with Gasteiger partial charge in [0.1, 0.15) is 13.2 Å². The first-order chi connectivity index (χ1) is 12.9. The van der Waals surface area contributed by atoms with Crippen molar-refractivity contribution in [2.24, 2.45) is 0 Å². The first-order valence-electron chi connectivity index (χ1n) is 8.26. The van der Waals surface area contributed by atoms with Gasteiger partial charge in [0.2, 0.25) is 0 Å². The lowest BCUT2D eigenvalue weighted by molar-refractivity contribution is -0.152. The lowest BCUT2D eigenvalue weighted by Gasteiger charge is -2.19. The van der Waals surface area contributed by atoms with Gasteiger partial charge < -0.3 is 19.5 Å². The highest BCUT2D eigenvalue weighted by Gasteiger charge is 2.20. The molecule has 0 spiro atoms. The van der Waals surface area contributed by atoms with Crippen LogP contribution in [0.3, 0.4) is 0 Å². The predicted octanol–water partition coefficient (Wildman–Crippen LogP) is 3.88. The zero-order valence-corrected chi connectivity index (χ0v) is 16.0. The standard InChI is InChI=1S/C19H17Cl2NO5/c1-11(19(24)22-15-10-13(20)3-4-14(15)21)27-18(23)9-12-2-5-16-17(8-12)26-7-6-25-16/h2-5,8,10-11H,6-7,9H2,1H3,(H,22,24)/t11-/m0/s1. The topological polar surface area (TPSA) is 73.9 Å². The molecule has 0 saturated heterocycles. The van der Waals surface area contributed by atoms with E-state index in [1.165, 1.54) is 13.0 Å². The van der Waals surface area contributed by atoms with Crippen molar-refractivity contribution >= 4 is 40.8 Å². The van der Waals surface area contributed by atoms with Gasteiger partial charge >= 0.3 is 5.97 Å². The zero-order chi connectivity index (χ0) is 19.4. The van der Waals surface area contributed by atoms with Gasteiger partial charge in [-0.1, -0.05) is 29.3 Å². The second-order valence-electron chi connectivity index (χ2n) is 5.90. The Bertz CT molecular complexity index is 871. The largest absolute Gasteiger partial charge is 0.486 e. The Morgan fingerprint density at radius 2 is 1.85 bits per heavy atom. The van der Waals surface area contributed by atoms with Gasteiger partial charge in [0, 0.05) is 5.02 Å². The number of hydrogen-bond donors (Lipinski definition) is 1. The highest BCUT2D eigenvalue weighted by atomic mass is 35.5. The number of benzene rings is 2. The Morgan fingerprint density at radius 3 is 2.63 bits per heavy atom. The average molecular weight is 410 g/mol. The molecule has 1 aliphatic heterocycles. The molecule has 1 aliphatic rings. The number of fused-ring (bicyclic) bond motifs is 1. The number of rotatable bonds is 5.